The number of aryl methyl sites for hydroxylation is 2. The lowest BCUT2D eigenvalue weighted by molar-refractivity contribution is 0.478. The fourth-order valence-electron chi connectivity index (χ4n) is 4.02. The summed E-state index contributed by atoms with van der Waals surface area (Å²) >= 11 is 1.44. The Hall–Kier alpha value is -2.30. The number of phenolic OH excluding ortho intramolecular Hbond substituents is 1. The molecule has 3 nitrogen and oxygen atoms in total. The van der Waals surface area contributed by atoms with Crippen LogP contribution < -0.4 is 5.56 Å². The molecule has 0 amide bonds. The molecule has 0 saturated carbocycles. The predicted octanol–water partition coefficient (Wildman–Crippen LogP) is 5.42. The van der Waals surface area contributed by atoms with Crippen LogP contribution in [-0.4, -0.2) is 10.1 Å². The van der Waals surface area contributed by atoms with Gasteiger partial charge in [-0.05, 0) is 66.0 Å². The molecule has 132 valence electrons. The fourth-order valence-corrected chi connectivity index (χ4v) is 4.81. The lowest BCUT2D eigenvalue weighted by atomic mass is 9.88. The van der Waals surface area contributed by atoms with Crippen LogP contribution in [0.4, 0.5) is 0 Å². The van der Waals surface area contributed by atoms with Crippen molar-refractivity contribution in [3.05, 3.63) is 63.3 Å². The van der Waals surface area contributed by atoms with Crippen LogP contribution >= 0.6 is 23.7 Å². The number of aromatic nitrogens is 1. The van der Waals surface area contributed by atoms with Gasteiger partial charge in [-0.15, -0.1) is 23.7 Å². The number of fused-ring (bicyclic) bond motifs is 4. The molecule has 2 aromatic heterocycles. The highest BCUT2D eigenvalue weighted by Gasteiger charge is 2.17. The number of pyridine rings is 1. The van der Waals surface area contributed by atoms with E-state index in [0.29, 0.717) is 4.70 Å². The summed E-state index contributed by atoms with van der Waals surface area (Å²) in [4.78, 5) is 15.2. The SMILES string of the molecule is Cl.O=c1[nH]c2ccc(O)c(-c3ccc4c(c3)CCCC4)c2c2ccsc12. The van der Waals surface area contributed by atoms with Gasteiger partial charge in [-0.1, -0.05) is 18.2 Å². The van der Waals surface area contributed by atoms with Gasteiger partial charge in [-0.3, -0.25) is 4.79 Å². The second-order valence-electron chi connectivity index (χ2n) is 6.69. The molecule has 0 saturated heterocycles. The first kappa shape index (κ1) is 17.1. The van der Waals surface area contributed by atoms with Crippen molar-refractivity contribution in [2.45, 2.75) is 25.7 Å². The topological polar surface area (TPSA) is 53.1 Å². The van der Waals surface area contributed by atoms with Gasteiger partial charge >= 0.3 is 0 Å². The molecule has 0 spiro atoms. The van der Waals surface area contributed by atoms with Crippen LogP contribution in [0, 0.1) is 0 Å². The maximum atomic E-state index is 12.3. The zero-order chi connectivity index (χ0) is 17.0. The molecule has 0 aliphatic heterocycles. The van der Waals surface area contributed by atoms with Gasteiger partial charge in [-0.2, -0.15) is 0 Å². The average molecular weight is 384 g/mol. The lowest BCUT2D eigenvalue weighted by Gasteiger charge is -2.18. The minimum Gasteiger partial charge on any atom is -0.507 e. The number of rotatable bonds is 1. The molecular weight excluding hydrogens is 366 g/mol. The molecule has 1 aliphatic rings. The van der Waals surface area contributed by atoms with Gasteiger partial charge in [0, 0.05) is 21.9 Å². The van der Waals surface area contributed by atoms with Crippen molar-refractivity contribution in [3.63, 3.8) is 0 Å². The molecule has 2 heterocycles. The van der Waals surface area contributed by atoms with Crippen LogP contribution in [0.15, 0.2) is 46.6 Å². The number of hydrogen-bond acceptors (Lipinski definition) is 3. The van der Waals surface area contributed by atoms with E-state index in [4.69, 9.17) is 0 Å². The molecule has 2 N–H and O–H groups in total. The van der Waals surface area contributed by atoms with E-state index < -0.39 is 0 Å². The van der Waals surface area contributed by atoms with Gasteiger partial charge < -0.3 is 10.1 Å². The predicted molar refractivity (Wildman–Crippen MR) is 111 cm³/mol. The Morgan fingerprint density at radius 2 is 1.81 bits per heavy atom. The van der Waals surface area contributed by atoms with Gasteiger partial charge in [0.05, 0.1) is 0 Å². The van der Waals surface area contributed by atoms with Crippen molar-refractivity contribution in [1.82, 2.24) is 4.98 Å². The molecule has 5 heteroatoms. The summed E-state index contributed by atoms with van der Waals surface area (Å²) < 4.78 is 0.706. The number of hydrogen-bond donors (Lipinski definition) is 2. The Bertz CT molecular complexity index is 1190. The Morgan fingerprint density at radius 3 is 2.65 bits per heavy atom. The summed E-state index contributed by atoms with van der Waals surface area (Å²) in [5.74, 6) is 0.253. The second-order valence-corrected chi connectivity index (χ2v) is 7.61. The van der Waals surface area contributed by atoms with Crippen molar-refractivity contribution in [2.75, 3.05) is 0 Å². The van der Waals surface area contributed by atoms with Crippen LogP contribution in [0.25, 0.3) is 32.1 Å². The molecule has 4 aromatic rings. The van der Waals surface area contributed by atoms with Crippen molar-refractivity contribution < 1.29 is 5.11 Å². The molecule has 0 unspecified atom stereocenters. The smallest absolute Gasteiger partial charge is 0.266 e. The summed E-state index contributed by atoms with van der Waals surface area (Å²) in [6, 6.07) is 11.9. The Labute approximate surface area is 160 Å². The van der Waals surface area contributed by atoms with E-state index in [1.54, 1.807) is 12.1 Å². The highest BCUT2D eigenvalue weighted by atomic mass is 35.5. The van der Waals surface area contributed by atoms with Gasteiger partial charge in [0.15, 0.2) is 0 Å². The molecule has 0 atom stereocenters. The number of thiophene rings is 1. The Balaban J connectivity index is 0.00000168. The third kappa shape index (κ3) is 2.52. The third-order valence-electron chi connectivity index (χ3n) is 5.21. The van der Waals surface area contributed by atoms with Crippen LogP contribution in [0.2, 0.25) is 0 Å². The van der Waals surface area contributed by atoms with Crippen molar-refractivity contribution in [2.24, 2.45) is 0 Å². The quantitative estimate of drug-likeness (QED) is 0.461. The summed E-state index contributed by atoms with van der Waals surface area (Å²) in [7, 11) is 0. The summed E-state index contributed by atoms with van der Waals surface area (Å²) in [5, 5.41) is 14.4. The fraction of sp³-hybridized carbons (Fsp3) is 0.190. The van der Waals surface area contributed by atoms with Crippen molar-refractivity contribution in [1.29, 1.82) is 0 Å². The van der Waals surface area contributed by atoms with E-state index in [1.165, 1.54) is 35.3 Å². The minimum absolute atomic E-state index is 0. The largest absolute Gasteiger partial charge is 0.507 e. The Kier molecular flexibility index (Phi) is 4.25. The molecule has 0 bridgehead atoms. The number of nitrogens with one attached hydrogen (secondary N) is 1. The lowest BCUT2D eigenvalue weighted by Crippen LogP contribution is -2.05. The zero-order valence-electron chi connectivity index (χ0n) is 14.0. The van der Waals surface area contributed by atoms with E-state index in [-0.39, 0.29) is 23.7 Å². The average Bonchev–Trinajstić information content (AvgIpc) is 3.12. The maximum Gasteiger partial charge on any atom is 0.266 e. The van der Waals surface area contributed by atoms with E-state index in [0.717, 1.165) is 40.3 Å². The monoisotopic (exact) mass is 383 g/mol. The number of halogens is 1. The number of aromatic amines is 1. The summed E-state index contributed by atoms with van der Waals surface area (Å²) in [6.45, 7) is 0. The molecule has 5 rings (SSSR count). The molecule has 2 aromatic carbocycles. The van der Waals surface area contributed by atoms with E-state index >= 15 is 0 Å². The Morgan fingerprint density at radius 1 is 1.00 bits per heavy atom. The van der Waals surface area contributed by atoms with E-state index in [1.807, 2.05) is 11.4 Å². The van der Waals surface area contributed by atoms with Crippen LogP contribution in [-0.2, 0) is 12.8 Å². The van der Waals surface area contributed by atoms with Gasteiger partial charge in [0.2, 0.25) is 0 Å². The molecule has 0 radical (unpaired) electrons. The van der Waals surface area contributed by atoms with Crippen LogP contribution in [0.5, 0.6) is 5.75 Å². The van der Waals surface area contributed by atoms with Crippen molar-refractivity contribution >= 4 is 44.7 Å². The molecule has 26 heavy (non-hydrogen) atoms. The first-order valence-electron chi connectivity index (χ1n) is 8.60. The number of benzene rings is 2. The minimum atomic E-state index is -0.0698. The highest BCUT2D eigenvalue weighted by Crippen LogP contribution is 2.40. The molecule has 0 fully saturated rings. The van der Waals surface area contributed by atoms with Crippen LogP contribution in [0.1, 0.15) is 24.0 Å². The van der Waals surface area contributed by atoms with Gasteiger partial charge in [0.1, 0.15) is 10.4 Å². The standard InChI is InChI=1S/C21H17NO2S.ClH/c23-17-8-7-16-19(15-9-10-25-20(15)21(24)22-16)18(17)14-6-5-12-3-1-2-4-13(12)11-14;/h5-11,23H,1-4H2,(H,22,24);1H. The zero-order valence-corrected chi connectivity index (χ0v) is 15.7. The molecular formula is C21H18ClNO2S. The first-order chi connectivity index (χ1) is 12.2. The normalized spacial score (nSPS) is 13.5. The number of phenols is 1. The first-order valence-corrected chi connectivity index (χ1v) is 9.48. The van der Waals surface area contributed by atoms with Gasteiger partial charge in [0.25, 0.3) is 5.56 Å². The maximum absolute atomic E-state index is 12.3. The van der Waals surface area contributed by atoms with Gasteiger partial charge in [-0.25, -0.2) is 0 Å². The summed E-state index contributed by atoms with van der Waals surface area (Å²) in [6.07, 6.45) is 4.71. The molecule has 1 aliphatic carbocycles. The van der Waals surface area contributed by atoms with E-state index in [9.17, 15) is 9.90 Å². The summed E-state index contributed by atoms with van der Waals surface area (Å²) in [5.41, 5.74) is 5.32. The van der Waals surface area contributed by atoms with Crippen LogP contribution in [0.3, 0.4) is 0 Å². The van der Waals surface area contributed by atoms with E-state index in [2.05, 4.69) is 23.2 Å². The number of H-pyrrole nitrogens is 1. The second kappa shape index (κ2) is 6.45. The van der Waals surface area contributed by atoms with Crippen molar-refractivity contribution in [3.8, 4) is 16.9 Å². The highest BCUT2D eigenvalue weighted by molar-refractivity contribution is 7.17. The number of aromatic hydroxyl groups is 1. The third-order valence-corrected chi connectivity index (χ3v) is 6.12.